The minimum Gasteiger partial charge on any atom is -0.478 e. The molecule has 4 heteroatoms. The van der Waals surface area contributed by atoms with Gasteiger partial charge in [-0.3, -0.25) is 4.98 Å². The van der Waals surface area contributed by atoms with Crippen LogP contribution in [0.5, 0.6) is 5.88 Å². The number of aryl methyl sites for hydroxylation is 1. The number of hydrogen-bond acceptors (Lipinski definition) is 4. The summed E-state index contributed by atoms with van der Waals surface area (Å²) in [6.45, 7) is 1.59. The quantitative estimate of drug-likeness (QED) is 0.757. The maximum Gasteiger partial charge on any atom is 0.213 e. The summed E-state index contributed by atoms with van der Waals surface area (Å²) < 4.78 is 5.74. The lowest BCUT2D eigenvalue weighted by molar-refractivity contribution is 0.299. The molecular weight excluding hydrogens is 262 g/mol. The molecule has 0 radical (unpaired) electrons. The van der Waals surface area contributed by atoms with Crippen LogP contribution in [0, 0.1) is 0 Å². The summed E-state index contributed by atoms with van der Waals surface area (Å²) in [5.41, 5.74) is 2.53. The SMILES string of the molecule is c1cc(CCCOc2cc(CNC3CC3)ccn2)ccn1. The van der Waals surface area contributed by atoms with Crippen LogP contribution in [0.3, 0.4) is 0 Å². The van der Waals surface area contributed by atoms with E-state index in [1.807, 2.05) is 42.9 Å². The fraction of sp³-hybridized carbons (Fsp3) is 0.412. The molecule has 0 atom stereocenters. The molecule has 2 aromatic rings. The van der Waals surface area contributed by atoms with Gasteiger partial charge in [0.05, 0.1) is 6.61 Å². The smallest absolute Gasteiger partial charge is 0.213 e. The third-order valence-electron chi connectivity index (χ3n) is 3.58. The number of rotatable bonds is 8. The van der Waals surface area contributed by atoms with Crippen molar-refractivity contribution in [2.75, 3.05) is 6.61 Å². The first-order valence-corrected chi connectivity index (χ1v) is 7.60. The lowest BCUT2D eigenvalue weighted by atomic mass is 10.1. The molecule has 2 heterocycles. The van der Waals surface area contributed by atoms with Gasteiger partial charge in [-0.2, -0.15) is 0 Å². The summed E-state index contributed by atoms with van der Waals surface area (Å²) >= 11 is 0. The highest BCUT2D eigenvalue weighted by Crippen LogP contribution is 2.19. The zero-order valence-corrected chi connectivity index (χ0v) is 12.2. The van der Waals surface area contributed by atoms with Gasteiger partial charge in [-0.15, -0.1) is 0 Å². The van der Waals surface area contributed by atoms with Crippen molar-refractivity contribution in [2.45, 2.75) is 38.3 Å². The third-order valence-corrected chi connectivity index (χ3v) is 3.58. The van der Waals surface area contributed by atoms with Gasteiger partial charge in [0.15, 0.2) is 0 Å². The molecule has 4 nitrogen and oxygen atoms in total. The van der Waals surface area contributed by atoms with E-state index in [9.17, 15) is 0 Å². The minimum absolute atomic E-state index is 0.689. The van der Waals surface area contributed by atoms with Gasteiger partial charge >= 0.3 is 0 Å². The summed E-state index contributed by atoms with van der Waals surface area (Å²) in [6, 6.07) is 8.88. The predicted molar refractivity (Wildman–Crippen MR) is 82.2 cm³/mol. The Labute approximate surface area is 125 Å². The van der Waals surface area contributed by atoms with Crippen LogP contribution in [0.2, 0.25) is 0 Å². The van der Waals surface area contributed by atoms with Crippen molar-refractivity contribution >= 4 is 0 Å². The largest absolute Gasteiger partial charge is 0.478 e. The number of hydrogen-bond donors (Lipinski definition) is 1. The lowest BCUT2D eigenvalue weighted by Crippen LogP contribution is -2.15. The first-order valence-electron chi connectivity index (χ1n) is 7.60. The van der Waals surface area contributed by atoms with Crippen LogP contribution in [0.1, 0.15) is 30.4 Å². The van der Waals surface area contributed by atoms with E-state index in [4.69, 9.17) is 4.74 Å². The molecule has 1 saturated carbocycles. The summed E-state index contributed by atoms with van der Waals surface area (Å²) in [4.78, 5) is 8.28. The van der Waals surface area contributed by atoms with Gasteiger partial charge in [0.2, 0.25) is 5.88 Å². The van der Waals surface area contributed by atoms with Crippen molar-refractivity contribution in [3.63, 3.8) is 0 Å². The summed E-state index contributed by atoms with van der Waals surface area (Å²) in [5, 5.41) is 3.50. The van der Waals surface area contributed by atoms with Crippen LogP contribution >= 0.6 is 0 Å². The zero-order valence-electron chi connectivity index (χ0n) is 12.2. The highest BCUT2D eigenvalue weighted by molar-refractivity contribution is 5.20. The predicted octanol–water partition coefficient (Wildman–Crippen LogP) is 2.74. The second-order valence-corrected chi connectivity index (χ2v) is 5.46. The second kappa shape index (κ2) is 7.18. The fourth-order valence-corrected chi connectivity index (χ4v) is 2.19. The van der Waals surface area contributed by atoms with Gasteiger partial charge in [-0.25, -0.2) is 4.98 Å². The Kier molecular flexibility index (Phi) is 4.79. The molecule has 1 aliphatic carbocycles. The molecule has 3 rings (SSSR count). The van der Waals surface area contributed by atoms with E-state index in [0.29, 0.717) is 6.61 Å². The number of nitrogens with zero attached hydrogens (tertiary/aromatic N) is 2. The number of pyridine rings is 2. The van der Waals surface area contributed by atoms with Crippen LogP contribution in [0.4, 0.5) is 0 Å². The van der Waals surface area contributed by atoms with E-state index in [1.54, 1.807) is 0 Å². The molecule has 0 aromatic carbocycles. The van der Waals surface area contributed by atoms with Crippen molar-refractivity contribution < 1.29 is 4.74 Å². The Morgan fingerprint density at radius 1 is 1.10 bits per heavy atom. The van der Waals surface area contributed by atoms with E-state index >= 15 is 0 Å². The Bertz CT molecular complexity index is 555. The van der Waals surface area contributed by atoms with Gasteiger partial charge in [0, 0.05) is 37.2 Å². The molecule has 0 aliphatic heterocycles. The van der Waals surface area contributed by atoms with Gasteiger partial charge in [-0.05, 0) is 55.0 Å². The van der Waals surface area contributed by atoms with E-state index in [2.05, 4.69) is 15.3 Å². The zero-order chi connectivity index (χ0) is 14.3. The van der Waals surface area contributed by atoms with Crippen molar-refractivity contribution in [3.8, 4) is 5.88 Å². The number of aromatic nitrogens is 2. The highest BCUT2D eigenvalue weighted by atomic mass is 16.5. The van der Waals surface area contributed by atoms with Gasteiger partial charge in [0.1, 0.15) is 0 Å². The Morgan fingerprint density at radius 3 is 2.71 bits per heavy atom. The number of ether oxygens (including phenoxy) is 1. The van der Waals surface area contributed by atoms with E-state index in [1.165, 1.54) is 24.0 Å². The normalized spacial score (nSPS) is 14.1. The maximum absolute atomic E-state index is 5.74. The highest BCUT2D eigenvalue weighted by Gasteiger charge is 2.19. The van der Waals surface area contributed by atoms with Crippen molar-refractivity contribution in [1.29, 1.82) is 0 Å². The standard InChI is InChI=1S/C17H21N3O/c1(2-14-5-8-18-9-6-14)11-21-17-12-15(7-10-19-17)13-20-16-3-4-16/h5-10,12,16,20H,1-4,11,13H2. The van der Waals surface area contributed by atoms with Gasteiger partial charge in [0.25, 0.3) is 0 Å². The van der Waals surface area contributed by atoms with Crippen LogP contribution in [0.25, 0.3) is 0 Å². The molecule has 1 aliphatic rings. The van der Waals surface area contributed by atoms with Crippen LogP contribution in [-0.2, 0) is 13.0 Å². The summed E-state index contributed by atoms with van der Waals surface area (Å²) in [7, 11) is 0. The van der Waals surface area contributed by atoms with Crippen molar-refractivity contribution in [2.24, 2.45) is 0 Å². The molecule has 21 heavy (non-hydrogen) atoms. The van der Waals surface area contributed by atoms with Crippen molar-refractivity contribution in [1.82, 2.24) is 15.3 Å². The average Bonchev–Trinajstić information content (AvgIpc) is 3.35. The van der Waals surface area contributed by atoms with Crippen LogP contribution in [-0.4, -0.2) is 22.6 Å². The van der Waals surface area contributed by atoms with Gasteiger partial charge < -0.3 is 10.1 Å². The first-order chi connectivity index (χ1) is 10.4. The van der Waals surface area contributed by atoms with Gasteiger partial charge in [-0.1, -0.05) is 0 Å². The maximum atomic E-state index is 5.74. The van der Waals surface area contributed by atoms with Crippen molar-refractivity contribution in [3.05, 3.63) is 54.0 Å². The van der Waals surface area contributed by atoms with E-state index in [-0.39, 0.29) is 0 Å². The average molecular weight is 283 g/mol. The summed E-state index contributed by atoms with van der Waals surface area (Å²) in [6.07, 6.45) is 10.1. The summed E-state index contributed by atoms with van der Waals surface area (Å²) in [5.74, 6) is 0.722. The molecule has 0 saturated heterocycles. The monoisotopic (exact) mass is 283 g/mol. The molecule has 0 unspecified atom stereocenters. The molecule has 1 N–H and O–H groups in total. The minimum atomic E-state index is 0.689. The van der Waals surface area contributed by atoms with Crippen LogP contribution < -0.4 is 10.1 Å². The fourth-order valence-electron chi connectivity index (χ4n) is 2.19. The van der Waals surface area contributed by atoms with E-state index < -0.39 is 0 Å². The Balaban J connectivity index is 1.41. The second-order valence-electron chi connectivity index (χ2n) is 5.46. The van der Waals surface area contributed by atoms with Crippen LogP contribution in [0.15, 0.2) is 42.9 Å². The molecule has 1 fully saturated rings. The molecular formula is C17H21N3O. The first kappa shape index (κ1) is 14.0. The molecule has 2 aromatic heterocycles. The van der Waals surface area contributed by atoms with E-state index in [0.717, 1.165) is 31.3 Å². The Morgan fingerprint density at radius 2 is 1.90 bits per heavy atom. The molecule has 0 amide bonds. The lowest BCUT2D eigenvalue weighted by Gasteiger charge is -2.07. The topological polar surface area (TPSA) is 47.0 Å². The molecule has 0 bridgehead atoms. The number of nitrogens with one attached hydrogen (secondary N) is 1. The third kappa shape index (κ3) is 4.83. The molecule has 0 spiro atoms. The molecule has 110 valence electrons. The Hall–Kier alpha value is -1.94.